The van der Waals surface area contributed by atoms with Crippen molar-refractivity contribution in [1.29, 1.82) is 0 Å². The zero-order valence-corrected chi connectivity index (χ0v) is 13.7. The number of nitrogens with one attached hydrogen (secondary N) is 2. The van der Waals surface area contributed by atoms with Crippen LogP contribution >= 0.6 is 11.3 Å². The van der Waals surface area contributed by atoms with Crippen LogP contribution in [0.5, 0.6) is 0 Å². The molecule has 0 bridgehead atoms. The van der Waals surface area contributed by atoms with Crippen molar-refractivity contribution in [1.82, 2.24) is 10.6 Å². The standard InChI is InChI=1S/C18H20N2O2S/c21-16(12-19-17(22)15-8-4-11-23-15)20-13-18(9-5-10-18)14-6-2-1-3-7-14/h1-4,6-8,11H,5,9-10,12-13H2,(H,19,22)(H,20,21). The molecule has 1 heterocycles. The molecule has 1 saturated carbocycles. The van der Waals surface area contributed by atoms with Crippen LogP contribution in [-0.4, -0.2) is 24.9 Å². The molecule has 0 unspecified atom stereocenters. The van der Waals surface area contributed by atoms with Gasteiger partial charge in [-0.15, -0.1) is 11.3 Å². The highest BCUT2D eigenvalue weighted by Crippen LogP contribution is 2.43. The lowest BCUT2D eigenvalue weighted by atomic mass is 9.64. The van der Waals surface area contributed by atoms with Crippen molar-refractivity contribution in [2.45, 2.75) is 24.7 Å². The Morgan fingerprint density at radius 1 is 1.04 bits per heavy atom. The molecule has 2 N–H and O–H groups in total. The quantitative estimate of drug-likeness (QED) is 0.856. The summed E-state index contributed by atoms with van der Waals surface area (Å²) in [4.78, 5) is 24.5. The molecule has 1 aromatic carbocycles. The summed E-state index contributed by atoms with van der Waals surface area (Å²) >= 11 is 1.37. The molecule has 2 amide bonds. The number of carbonyl (C=O) groups is 2. The first-order valence-corrected chi connectivity index (χ1v) is 8.72. The number of carbonyl (C=O) groups excluding carboxylic acids is 2. The second-order valence-corrected chi connectivity index (χ2v) is 6.88. The minimum absolute atomic E-state index is 0.0155. The van der Waals surface area contributed by atoms with Gasteiger partial charge in [0.25, 0.3) is 5.91 Å². The van der Waals surface area contributed by atoms with Gasteiger partial charge in [0.2, 0.25) is 5.91 Å². The predicted molar refractivity (Wildman–Crippen MR) is 91.6 cm³/mol. The summed E-state index contributed by atoms with van der Waals surface area (Å²) in [6, 6.07) is 13.9. The van der Waals surface area contributed by atoms with Crippen molar-refractivity contribution in [3.8, 4) is 0 Å². The smallest absolute Gasteiger partial charge is 0.261 e. The minimum Gasteiger partial charge on any atom is -0.354 e. The van der Waals surface area contributed by atoms with Crippen molar-refractivity contribution in [3.63, 3.8) is 0 Å². The van der Waals surface area contributed by atoms with E-state index in [-0.39, 0.29) is 23.8 Å². The fourth-order valence-corrected chi connectivity index (χ4v) is 3.59. The number of hydrogen-bond donors (Lipinski definition) is 2. The maximum Gasteiger partial charge on any atom is 0.261 e. The van der Waals surface area contributed by atoms with Gasteiger partial charge in [-0.2, -0.15) is 0 Å². The second-order valence-electron chi connectivity index (χ2n) is 5.94. The lowest BCUT2D eigenvalue weighted by Gasteiger charge is -2.42. The molecule has 3 rings (SSSR count). The minimum atomic E-state index is -0.198. The van der Waals surface area contributed by atoms with Gasteiger partial charge in [0.1, 0.15) is 0 Å². The van der Waals surface area contributed by atoms with Crippen LogP contribution in [0.3, 0.4) is 0 Å². The van der Waals surface area contributed by atoms with Crippen LogP contribution in [0.25, 0.3) is 0 Å². The third-order valence-corrected chi connectivity index (χ3v) is 5.34. The van der Waals surface area contributed by atoms with Gasteiger partial charge in [0.05, 0.1) is 11.4 Å². The maximum absolute atomic E-state index is 12.0. The Hall–Kier alpha value is -2.14. The molecule has 0 atom stereocenters. The molecule has 5 heteroatoms. The first kappa shape index (κ1) is 15.7. The average Bonchev–Trinajstić information content (AvgIpc) is 3.07. The Morgan fingerprint density at radius 2 is 1.83 bits per heavy atom. The summed E-state index contributed by atoms with van der Waals surface area (Å²) in [5, 5.41) is 7.47. The topological polar surface area (TPSA) is 58.2 Å². The molecule has 0 spiro atoms. The SMILES string of the molecule is O=C(CNC(=O)c1cccs1)NCC1(c2ccccc2)CCC1. The number of hydrogen-bond acceptors (Lipinski definition) is 3. The summed E-state index contributed by atoms with van der Waals surface area (Å²) in [6.07, 6.45) is 3.39. The summed E-state index contributed by atoms with van der Waals surface area (Å²) in [7, 11) is 0. The van der Waals surface area contributed by atoms with Gasteiger partial charge >= 0.3 is 0 Å². The normalized spacial score (nSPS) is 15.5. The zero-order valence-electron chi connectivity index (χ0n) is 12.9. The Bertz CT molecular complexity index is 664. The van der Waals surface area contributed by atoms with E-state index >= 15 is 0 Å². The van der Waals surface area contributed by atoms with Gasteiger partial charge in [-0.3, -0.25) is 9.59 Å². The Morgan fingerprint density at radius 3 is 2.43 bits per heavy atom. The molecule has 2 aromatic rings. The van der Waals surface area contributed by atoms with Crippen molar-refractivity contribution in [2.75, 3.05) is 13.1 Å². The molecule has 4 nitrogen and oxygen atoms in total. The van der Waals surface area contributed by atoms with Crippen LogP contribution in [-0.2, 0) is 10.2 Å². The van der Waals surface area contributed by atoms with E-state index in [1.54, 1.807) is 6.07 Å². The van der Waals surface area contributed by atoms with Crippen molar-refractivity contribution in [3.05, 3.63) is 58.3 Å². The van der Waals surface area contributed by atoms with E-state index in [0.29, 0.717) is 11.4 Å². The van der Waals surface area contributed by atoms with E-state index in [0.717, 1.165) is 12.8 Å². The average molecular weight is 328 g/mol. The van der Waals surface area contributed by atoms with Gasteiger partial charge in [-0.1, -0.05) is 42.8 Å². The highest BCUT2D eigenvalue weighted by Gasteiger charge is 2.38. The molecule has 1 fully saturated rings. The highest BCUT2D eigenvalue weighted by molar-refractivity contribution is 7.12. The van der Waals surface area contributed by atoms with E-state index in [2.05, 4.69) is 22.8 Å². The summed E-state index contributed by atoms with van der Waals surface area (Å²) in [5.41, 5.74) is 1.35. The third-order valence-electron chi connectivity index (χ3n) is 4.48. The van der Waals surface area contributed by atoms with Crippen LogP contribution in [0, 0.1) is 0 Å². The van der Waals surface area contributed by atoms with E-state index < -0.39 is 0 Å². The lowest BCUT2D eigenvalue weighted by Crippen LogP contribution is -2.47. The third kappa shape index (κ3) is 3.62. The van der Waals surface area contributed by atoms with Crippen LogP contribution in [0.15, 0.2) is 47.8 Å². The summed E-state index contributed by atoms with van der Waals surface area (Å²) in [6.45, 7) is 0.645. The number of rotatable bonds is 6. The molecule has 0 saturated heterocycles. The molecule has 23 heavy (non-hydrogen) atoms. The monoisotopic (exact) mass is 328 g/mol. The number of amides is 2. The van der Waals surface area contributed by atoms with E-state index in [1.807, 2.05) is 29.6 Å². The molecule has 1 aliphatic carbocycles. The van der Waals surface area contributed by atoms with Gasteiger partial charge in [-0.05, 0) is 29.9 Å². The van der Waals surface area contributed by atoms with Crippen molar-refractivity contribution >= 4 is 23.2 Å². The van der Waals surface area contributed by atoms with Crippen molar-refractivity contribution in [2.24, 2.45) is 0 Å². The van der Waals surface area contributed by atoms with Crippen LogP contribution < -0.4 is 10.6 Å². The Kier molecular flexibility index (Phi) is 4.76. The molecule has 0 aliphatic heterocycles. The predicted octanol–water partition coefficient (Wildman–Crippen LogP) is 2.72. The first-order chi connectivity index (χ1) is 11.2. The largest absolute Gasteiger partial charge is 0.354 e. The fourth-order valence-electron chi connectivity index (χ4n) is 2.95. The molecule has 120 valence electrons. The number of benzene rings is 1. The van der Waals surface area contributed by atoms with Crippen LogP contribution in [0.2, 0.25) is 0 Å². The van der Waals surface area contributed by atoms with E-state index in [9.17, 15) is 9.59 Å². The molecule has 0 radical (unpaired) electrons. The van der Waals surface area contributed by atoms with Crippen LogP contribution in [0.4, 0.5) is 0 Å². The van der Waals surface area contributed by atoms with Gasteiger partial charge < -0.3 is 10.6 Å². The second kappa shape index (κ2) is 6.96. The molecule has 1 aliphatic rings. The van der Waals surface area contributed by atoms with Gasteiger partial charge in [-0.25, -0.2) is 0 Å². The molecule has 1 aromatic heterocycles. The van der Waals surface area contributed by atoms with Crippen molar-refractivity contribution < 1.29 is 9.59 Å². The van der Waals surface area contributed by atoms with Gasteiger partial charge in [0.15, 0.2) is 0 Å². The molecular weight excluding hydrogens is 308 g/mol. The Labute approximate surface area is 139 Å². The lowest BCUT2D eigenvalue weighted by molar-refractivity contribution is -0.120. The fraction of sp³-hybridized carbons (Fsp3) is 0.333. The first-order valence-electron chi connectivity index (χ1n) is 7.84. The highest BCUT2D eigenvalue weighted by atomic mass is 32.1. The maximum atomic E-state index is 12.0. The van der Waals surface area contributed by atoms with Crippen LogP contribution in [0.1, 0.15) is 34.5 Å². The molecular formula is C18H20N2O2S. The summed E-state index contributed by atoms with van der Waals surface area (Å²) in [5.74, 6) is -0.339. The summed E-state index contributed by atoms with van der Waals surface area (Å²) < 4.78 is 0. The van der Waals surface area contributed by atoms with E-state index in [1.165, 1.54) is 23.3 Å². The van der Waals surface area contributed by atoms with E-state index in [4.69, 9.17) is 0 Å². The van der Waals surface area contributed by atoms with Gasteiger partial charge in [0, 0.05) is 12.0 Å². The Balaban J connectivity index is 1.49. The zero-order chi connectivity index (χ0) is 16.1. The number of thiophene rings is 1.